The molecule has 0 bridgehead atoms. The summed E-state index contributed by atoms with van der Waals surface area (Å²) >= 11 is 0. The predicted molar refractivity (Wildman–Crippen MR) is 79.0 cm³/mol. The highest BCUT2D eigenvalue weighted by atomic mass is 16.5. The van der Waals surface area contributed by atoms with Gasteiger partial charge >= 0.3 is 0 Å². The maximum absolute atomic E-state index is 9.23. The maximum atomic E-state index is 9.23. The summed E-state index contributed by atoms with van der Waals surface area (Å²) in [5.74, 6) is 2.01. The third kappa shape index (κ3) is 2.75. The highest BCUT2D eigenvalue weighted by Crippen LogP contribution is 2.33. The Morgan fingerprint density at radius 1 is 1.19 bits per heavy atom. The SMILES string of the molecule is Cc1ccnc(Nc2ccc3c(c2)OCCCO3)c1C#N. The van der Waals surface area contributed by atoms with Crippen LogP contribution in [0.5, 0.6) is 11.5 Å². The Labute approximate surface area is 123 Å². The molecule has 0 amide bonds. The molecule has 0 saturated carbocycles. The quantitative estimate of drug-likeness (QED) is 0.915. The summed E-state index contributed by atoms with van der Waals surface area (Å²) in [7, 11) is 0. The number of benzene rings is 1. The van der Waals surface area contributed by atoms with E-state index >= 15 is 0 Å². The summed E-state index contributed by atoms with van der Waals surface area (Å²) in [6.45, 7) is 3.19. The van der Waals surface area contributed by atoms with E-state index in [1.54, 1.807) is 6.20 Å². The van der Waals surface area contributed by atoms with Crippen LogP contribution in [-0.4, -0.2) is 18.2 Å². The Morgan fingerprint density at radius 3 is 2.81 bits per heavy atom. The Morgan fingerprint density at radius 2 is 2.00 bits per heavy atom. The van der Waals surface area contributed by atoms with Gasteiger partial charge in [0.05, 0.1) is 18.8 Å². The van der Waals surface area contributed by atoms with E-state index in [1.165, 1.54) is 0 Å². The molecule has 21 heavy (non-hydrogen) atoms. The van der Waals surface area contributed by atoms with E-state index in [2.05, 4.69) is 16.4 Å². The van der Waals surface area contributed by atoms with Crippen molar-refractivity contribution in [1.82, 2.24) is 4.98 Å². The van der Waals surface area contributed by atoms with E-state index < -0.39 is 0 Å². The fourth-order valence-corrected chi connectivity index (χ4v) is 2.17. The standard InChI is InChI=1S/C16H15N3O2/c1-11-5-6-18-16(13(11)10-17)19-12-3-4-14-15(9-12)21-8-2-7-20-14/h3-6,9H,2,7-8H2,1H3,(H,18,19). The Hall–Kier alpha value is -2.74. The smallest absolute Gasteiger partial charge is 0.163 e. The Kier molecular flexibility index (Phi) is 3.61. The van der Waals surface area contributed by atoms with Gasteiger partial charge in [-0.3, -0.25) is 0 Å². The van der Waals surface area contributed by atoms with Crippen LogP contribution in [0.3, 0.4) is 0 Å². The van der Waals surface area contributed by atoms with Gasteiger partial charge in [-0.05, 0) is 30.7 Å². The van der Waals surface area contributed by atoms with Gasteiger partial charge in [-0.15, -0.1) is 0 Å². The molecule has 3 rings (SSSR count). The molecule has 1 N–H and O–H groups in total. The van der Waals surface area contributed by atoms with Crippen molar-refractivity contribution in [3.05, 3.63) is 41.6 Å². The van der Waals surface area contributed by atoms with Gasteiger partial charge in [0.1, 0.15) is 11.9 Å². The fourth-order valence-electron chi connectivity index (χ4n) is 2.17. The molecule has 5 nitrogen and oxygen atoms in total. The summed E-state index contributed by atoms with van der Waals surface area (Å²) in [5, 5.41) is 12.4. The van der Waals surface area contributed by atoms with E-state index in [9.17, 15) is 5.26 Å². The highest BCUT2D eigenvalue weighted by molar-refractivity contribution is 5.66. The largest absolute Gasteiger partial charge is 0.490 e. The molecule has 0 unspecified atom stereocenters. The monoisotopic (exact) mass is 281 g/mol. The molecule has 0 atom stereocenters. The van der Waals surface area contributed by atoms with Crippen molar-refractivity contribution in [1.29, 1.82) is 5.26 Å². The van der Waals surface area contributed by atoms with Crippen LogP contribution in [0.2, 0.25) is 0 Å². The van der Waals surface area contributed by atoms with Crippen LogP contribution in [0.15, 0.2) is 30.5 Å². The van der Waals surface area contributed by atoms with Gasteiger partial charge in [-0.25, -0.2) is 4.98 Å². The van der Waals surface area contributed by atoms with Gasteiger partial charge < -0.3 is 14.8 Å². The minimum Gasteiger partial charge on any atom is -0.490 e. The predicted octanol–water partition coefficient (Wildman–Crippen LogP) is 3.17. The number of aromatic nitrogens is 1. The topological polar surface area (TPSA) is 67.2 Å². The molecular weight excluding hydrogens is 266 g/mol. The van der Waals surface area contributed by atoms with Crippen LogP contribution in [0.1, 0.15) is 17.5 Å². The van der Waals surface area contributed by atoms with Crippen molar-refractivity contribution >= 4 is 11.5 Å². The molecule has 1 aliphatic heterocycles. The lowest BCUT2D eigenvalue weighted by Gasteiger charge is -2.12. The normalized spacial score (nSPS) is 13.1. The van der Waals surface area contributed by atoms with Crippen molar-refractivity contribution in [3.63, 3.8) is 0 Å². The minimum absolute atomic E-state index is 0.546. The maximum Gasteiger partial charge on any atom is 0.163 e. The molecular formula is C16H15N3O2. The summed E-state index contributed by atoms with van der Waals surface area (Å²) < 4.78 is 11.3. The zero-order chi connectivity index (χ0) is 14.7. The zero-order valence-electron chi connectivity index (χ0n) is 11.7. The summed E-state index contributed by atoms with van der Waals surface area (Å²) in [6, 6.07) is 9.61. The number of nitriles is 1. The molecule has 1 aromatic heterocycles. The van der Waals surface area contributed by atoms with Crippen molar-refractivity contribution in [3.8, 4) is 17.6 Å². The lowest BCUT2D eigenvalue weighted by molar-refractivity contribution is 0.297. The number of aryl methyl sites for hydroxylation is 1. The van der Waals surface area contributed by atoms with Gasteiger partial charge in [0.2, 0.25) is 0 Å². The average molecular weight is 281 g/mol. The Balaban J connectivity index is 1.91. The number of fused-ring (bicyclic) bond motifs is 1. The summed E-state index contributed by atoms with van der Waals surface area (Å²) in [5.41, 5.74) is 2.25. The summed E-state index contributed by atoms with van der Waals surface area (Å²) in [6.07, 6.45) is 2.55. The van der Waals surface area contributed by atoms with Crippen LogP contribution < -0.4 is 14.8 Å². The second-order valence-electron chi connectivity index (χ2n) is 4.80. The molecule has 2 heterocycles. The first-order chi connectivity index (χ1) is 10.3. The second kappa shape index (κ2) is 5.71. The lowest BCUT2D eigenvalue weighted by atomic mass is 10.1. The summed E-state index contributed by atoms with van der Waals surface area (Å²) in [4.78, 5) is 4.23. The number of hydrogen-bond acceptors (Lipinski definition) is 5. The molecule has 0 fully saturated rings. The first-order valence-electron chi connectivity index (χ1n) is 6.80. The molecule has 2 aromatic rings. The lowest BCUT2D eigenvalue weighted by Crippen LogP contribution is -1.99. The highest BCUT2D eigenvalue weighted by Gasteiger charge is 2.12. The van der Waals surface area contributed by atoms with Crippen molar-refractivity contribution in [2.45, 2.75) is 13.3 Å². The molecule has 1 aromatic carbocycles. The van der Waals surface area contributed by atoms with E-state index in [0.29, 0.717) is 30.3 Å². The van der Waals surface area contributed by atoms with Crippen LogP contribution >= 0.6 is 0 Å². The molecule has 1 aliphatic rings. The second-order valence-corrected chi connectivity index (χ2v) is 4.80. The van der Waals surface area contributed by atoms with Crippen molar-refractivity contribution in [2.75, 3.05) is 18.5 Å². The number of ether oxygens (including phenoxy) is 2. The molecule has 106 valence electrons. The number of hydrogen-bond donors (Lipinski definition) is 1. The number of nitrogens with zero attached hydrogens (tertiary/aromatic N) is 2. The molecule has 0 aliphatic carbocycles. The molecule has 0 radical (unpaired) electrons. The molecule has 0 saturated heterocycles. The van der Waals surface area contributed by atoms with E-state index in [4.69, 9.17) is 9.47 Å². The van der Waals surface area contributed by atoms with Crippen molar-refractivity contribution in [2.24, 2.45) is 0 Å². The molecule has 0 spiro atoms. The van der Waals surface area contributed by atoms with Crippen LogP contribution in [0.4, 0.5) is 11.5 Å². The van der Waals surface area contributed by atoms with Crippen LogP contribution in [0.25, 0.3) is 0 Å². The van der Waals surface area contributed by atoms with E-state index in [0.717, 1.165) is 23.4 Å². The van der Waals surface area contributed by atoms with Crippen molar-refractivity contribution < 1.29 is 9.47 Å². The minimum atomic E-state index is 0.546. The first-order valence-corrected chi connectivity index (χ1v) is 6.80. The number of rotatable bonds is 2. The first kappa shape index (κ1) is 13.3. The fraction of sp³-hybridized carbons (Fsp3) is 0.250. The van der Waals surface area contributed by atoms with Gasteiger partial charge in [0.25, 0.3) is 0 Å². The number of nitrogens with one attached hydrogen (secondary N) is 1. The van der Waals surface area contributed by atoms with E-state index in [-0.39, 0.29) is 0 Å². The van der Waals surface area contributed by atoms with E-state index in [1.807, 2.05) is 31.2 Å². The number of anilines is 2. The third-order valence-electron chi connectivity index (χ3n) is 3.28. The van der Waals surface area contributed by atoms with Gasteiger partial charge in [0.15, 0.2) is 11.5 Å². The number of pyridine rings is 1. The van der Waals surface area contributed by atoms with Crippen LogP contribution in [-0.2, 0) is 0 Å². The Bertz CT molecular complexity index is 707. The van der Waals surface area contributed by atoms with Gasteiger partial charge in [-0.2, -0.15) is 5.26 Å². The van der Waals surface area contributed by atoms with Gasteiger partial charge in [-0.1, -0.05) is 0 Å². The van der Waals surface area contributed by atoms with Crippen LogP contribution in [0, 0.1) is 18.3 Å². The van der Waals surface area contributed by atoms with Gasteiger partial charge in [0, 0.05) is 24.4 Å². The third-order valence-corrected chi connectivity index (χ3v) is 3.28. The molecule has 5 heteroatoms. The zero-order valence-corrected chi connectivity index (χ0v) is 11.7. The average Bonchev–Trinajstić information content (AvgIpc) is 2.72.